The minimum absolute atomic E-state index is 0.456. The molecule has 5 aliphatic rings. The first-order valence-corrected chi connectivity index (χ1v) is 8.14. The van der Waals surface area contributed by atoms with Gasteiger partial charge in [0.05, 0.1) is 45.6 Å². The number of allylic oxidation sites excluding steroid dienone is 11. The zero-order valence-corrected chi connectivity index (χ0v) is 13.6. The van der Waals surface area contributed by atoms with Gasteiger partial charge < -0.3 is 0 Å². The number of hydrogen-bond donors (Lipinski definition) is 2. The van der Waals surface area contributed by atoms with E-state index >= 15 is 0 Å². The highest BCUT2D eigenvalue weighted by molar-refractivity contribution is 6.16. The first kappa shape index (κ1) is 14.7. The van der Waals surface area contributed by atoms with Crippen molar-refractivity contribution in [2.24, 2.45) is 20.0 Å². The van der Waals surface area contributed by atoms with Crippen molar-refractivity contribution < 1.29 is 5.21 Å². The average Bonchev–Trinajstić information content (AvgIpc) is 3.39. The summed E-state index contributed by atoms with van der Waals surface area (Å²) in [5, 5.41) is 9.59. The Balaban J connectivity index is 1.69. The largest absolute Gasteiger partial charge is 0.291 e. The molecule has 0 atom stereocenters. The Hall–Kier alpha value is -3.64. The van der Waals surface area contributed by atoms with Gasteiger partial charge in [-0.05, 0) is 66.8 Å². The number of nitrogens with one attached hydrogen (secondary N) is 1. The van der Waals surface area contributed by atoms with Crippen LogP contribution in [-0.2, 0) is 0 Å². The summed E-state index contributed by atoms with van der Waals surface area (Å²) < 4.78 is 0. The third kappa shape index (κ3) is 2.58. The summed E-state index contributed by atoms with van der Waals surface area (Å²) in [7, 11) is 0. The quantitative estimate of drug-likeness (QED) is 0.720. The molecule has 0 fully saturated rings. The van der Waals surface area contributed by atoms with Gasteiger partial charge in [-0.2, -0.15) is 0 Å². The predicted octanol–water partition coefficient (Wildman–Crippen LogP) is 2.89. The molecule has 0 radical (unpaired) electrons. The molecular formula is C20H13N5O. The van der Waals surface area contributed by atoms with E-state index in [1.54, 1.807) is 0 Å². The van der Waals surface area contributed by atoms with Crippen LogP contribution in [0.25, 0.3) is 0 Å². The second kappa shape index (κ2) is 5.72. The lowest BCUT2D eigenvalue weighted by Crippen LogP contribution is -2.16. The molecule has 0 amide bonds. The summed E-state index contributed by atoms with van der Waals surface area (Å²) in [6.07, 6.45) is 20.9. The Morgan fingerprint density at radius 1 is 0.577 bits per heavy atom. The lowest BCUT2D eigenvalue weighted by atomic mass is 10.2. The number of hydrogen-bond acceptors (Lipinski definition) is 6. The van der Waals surface area contributed by atoms with E-state index in [-0.39, 0.29) is 0 Å². The van der Waals surface area contributed by atoms with E-state index in [9.17, 15) is 5.21 Å². The van der Waals surface area contributed by atoms with Crippen LogP contribution in [0.15, 0.2) is 115 Å². The zero-order valence-electron chi connectivity index (χ0n) is 13.6. The van der Waals surface area contributed by atoms with Gasteiger partial charge in [0, 0.05) is 0 Å². The van der Waals surface area contributed by atoms with Gasteiger partial charge >= 0.3 is 0 Å². The molecule has 0 aliphatic carbocycles. The van der Waals surface area contributed by atoms with Crippen LogP contribution in [0.3, 0.4) is 0 Å². The highest BCUT2D eigenvalue weighted by Crippen LogP contribution is 2.22. The van der Waals surface area contributed by atoms with E-state index in [0.29, 0.717) is 17.1 Å². The summed E-state index contributed by atoms with van der Waals surface area (Å²) in [5.41, 5.74) is 8.76. The standard InChI is InChI=1S/C20H13N5O/c26-25-20-18-7-5-16(23-18)10-14-3-1-12(21-14)9-13-2-4-15(22-13)11-17-6-8-19(20)24-17/h1-11,25-26H. The van der Waals surface area contributed by atoms with Crippen molar-refractivity contribution in [1.29, 1.82) is 0 Å². The van der Waals surface area contributed by atoms with Crippen LogP contribution in [0.1, 0.15) is 0 Å². The van der Waals surface area contributed by atoms with Crippen LogP contribution in [0.5, 0.6) is 0 Å². The number of hydroxylamine groups is 1. The van der Waals surface area contributed by atoms with E-state index in [1.807, 2.05) is 66.8 Å². The smallest absolute Gasteiger partial charge is 0.111 e. The third-order valence-electron chi connectivity index (χ3n) is 4.20. The number of rotatable bonds is 1. The van der Waals surface area contributed by atoms with E-state index in [4.69, 9.17) is 0 Å². The van der Waals surface area contributed by atoms with Crippen LogP contribution in [0.2, 0.25) is 0 Å². The second-order valence-electron chi connectivity index (χ2n) is 6.02. The maximum Gasteiger partial charge on any atom is 0.111 e. The molecule has 0 aromatic carbocycles. The summed E-state index contributed by atoms with van der Waals surface area (Å²) in [4.78, 5) is 18.2. The predicted molar refractivity (Wildman–Crippen MR) is 102 cm³/mol. The molecule has 6 nitrogen and oxygen atoms in total. The van der Waals surface area contributed by atoms with Gasteiger partial charge in [-0.15, -0.1) is 0 Å². The van der Waals surface area contributed by atoms with Gasteiger partial charge in [0.2, 0.25) is 0 Å². The van der Waals surface area contributed by atoms with E-state index in [2.05, 4.69) is 25.4 Å². The molecular weight excluding hydrogens is 326 g/mol. The molecule has 8 bridgehead atoms. The SMILES string of the molecule is ONC1=C2C=CC(=N2)C=C2C=CC(=N2)C=C2C=CC(=N2)C=C2C=CC1=N2. The number of aliphatic imine (C=N–C) groups is 4. The minimum atomic E-state index is 0.456. The topological polar surface area (TPSA) is 81.7 Å². The minimum Gasteiger partial charge on any atom is -0.291 e. The van der Waals surface area contributed by atoms with Crippen LogP contribution >= 0.6 is 0 Å². The van der Waals surface area contributed by atoms with Gasteiger partial charge in [0.1, 0.15) is 5.70 Å². The van der Waals surface area contributed by atoms with Gasteiger partial charge in [0.25, 0.3) is 0 Å². The van der Waals surface area contributed by atoms with Crippen LogP contribution < -0.4 is 5.48 Å². The Bertz CT molecular complexity index is 1100. The molecule has 5 rings (SSSR count). The molecule has 5 heterocycles. The molecule has 124 valence electrons. The van der Waals surface area contributed by atoms with Crippen molar-refractivity contribution in [3.8, 4) is 0 Å². The fourth-order valence-corrected chi connectivity index (χ4v) is 3.01. The highest BCUT2D eigenvalue weighted by Gasteiger charge is 2.17. The summed E-state index contributed by atoms with van der Waals surface area (Å²) in [5.74, 6) is 0. The maximum atomic E-state index is 9.59. The van der Waals surface area contributed by atoms with Crippen molar-refractivity contribution in [2.75, 3.05) is 0 Å². The highest BCUT2D eigenvalue weighted by atomic mass is 16.5. The number of nitrogens with zero attached hydrogens (tertiary/aromatic N) is 4. The van der Waals surface area contributed by atoms with Gasteiger partial charge in [0.15, 0.2) is 0 Å². The first-order valence-electron chi connectivity index (χ1n) is 8.14. The van der Waals surface area contributed by atoms with Gasteiger partial charge in [-0.1, -0.05) is 0 Å². The molecule has 0 saturated carbocycles. The average molecular weight is 339 g/mol. The fourth-order valence-electron chi connectivity index (χ4n) is 3.01. The first-order chi connectivity index (χ1) is 12.8. The second-order valence-corrected chi connectivity index (χ2v) is 6.02. The Morgan fingerprint density at radius 3 is 1.77 bits per heavy atom. The van der Waals surface area contributed by atoms with Crippen molar-refractivity contribution >= 4 is 22.8 Å². The van der Waals surface area contributed by atoms with Crippen LogP contribution in [-0.4, -0.2) is 28.1 Å². The molecule has 0 aromatic heterocycles. The molecule has 2 N–H and O–H groups in total. The molecule has 0 unspecified atom stereocenters. The van der Waals surface area contributed by atoms with Gasteiger partial charge in [-0.25, -0.2) is 20.0 Å². The van der Waals surface area contributed by atoms with Gasteiger partial charge in [-0.3, -0.25) is 10.7 Å². The van der Waals surface area contributed by atoms with Crippen molar-refractivity contribution in [3.63, 3.8) is 0 Å². The molecule has 6 heteroatoms. The molecule has 5 aliphatic heterocycles. The zero-order chi connectivity index (χ0) is 17.5. The van der Waals surface area contributed by atoms with Crippen molar-refractivity contribution in [1.82, 2.24) is 5.48 Å². The normalized spacial score (nSPS) is 22.1. The lowest BCUT2D eigenvalue weighted by Gasteiger charge is -2.05. The Morgan fingerprint density at radius 2 is 1.12 bits per heavy atom. The molecule has 0 saturated heterocycles. The maximum absolute atomic E-state index is 9.59. The fraction of sp³-hybridized carbons (Fsp3) is 0. The van der Waals surface area contributed by atoms with E-state index < -0.39 is 0 Å². The third-order valence-corrected chi connectivity index (χ3v) is 4.20. The summed E-state index contributed by atoms with van der Waals surface area (Å²) in [6.45, 7) is 0. The van der Waals surface area contributed by atoms with E-state index in [1.165, 1.54) is 0 Å². The van der Waals surface area contributed by atoms with E-state index in [0.717, 1.165) is 34.2 Å². The Labute approximate surface area is 149 Å². The lowest BCUT2D eigenvalue weighted by molar-refractivity contribution is 0.206. The van der Waals surface area contributed by atoms with Crippen LogP contribution in [0, 0.1) is 0 Å². The van der Waals surface area contributed by atoms with Crippen molar-refractivity contribution in [3.05, 3.63) is 95.3 Å². The molecule has 0 aromatic rings. The summed E-state index contributed by atoms with van der Waals surface area (Å²) >= 11 is 0. The van der Waals surface area contributed by atoms with Crippen molar-refractivity contribution in [2.45, 2.75) is 0 Å². The van der Waals surface area contributed by atoms with Crippen LogP contribution in [0.4, 0.5) is 0 Å². The molecule has 26 heavy (non-hydrogen) atoms. The monoisotopic (exact) mass is 339 g/mol. The number of fused-ring (bicyclic) bond motifs is 4. The Kier molecular flexibility index (Phi) is 3.23. The molecule has 0 spiro atoms. The summed E-state index contributed by atoms with van der Waals surface area (Å²) in [6, 6.07) is 0.